The summed E-state index contributed by atoms with van der Waals surface area (Å²) in [6.07, 6.45) is -1.33. The fourth-order valence-electron chi connectivity index (χ4n) is 1.44. The predicted molar refractivity (Wildman–Crippen MR) is 64.3 cm³/mol. The average Bonchev–Trinajstić information content (AvgIpc) is 2.27. The quantitative estimate of drug-likeness (QED) is 0.544. The first-order chi connectivity index (χ1) is 8.78. The van der Waals surface area contributed by atoms with Crippen molar-refractivity contribution in [1.29, 1.82) is 0 Å². The maximum Gasteiger partial charge on any atom is 0.417 e. The van der Waals surface area contributed by atoms with Crippen LogP contribution in [0.4, 0.5) is 4.79 Å². The molecule has 0 aromatic rings. The third-order valence-electron chi connectivity index (χ3n) is 2.18. The van der Waals surface area contributed by atoms with Crippen molar-refractivity contribution in [1.82, 2.24) is 4.90 Å². The van der Waals surface area contributed by atoms with Crippen LogP contribution in [-0.2, 0) is 23.8 Å². The first-order valence-corrected chi connectivity index (χ1v) is 6.07. The topological polar surface area (TPSA) is 82.1 Å². The van der Waals surface area contributed by atoms with Gasteiger partial charge in [-0.3, -0.25) is 9.59 Å². The maximum absolute atomic E-state index is 11.6. The summed E-state index contributed by atoms with van der Waals surface area (Å²) < 4.78 is 14.6. The summed E-state index contributed by atoms with van der Waals surface area (Å²) in [5, 5.41) is 0. The van der Waals surface area contributed by atoms with Crippen LogP contribution in [0.15, 0.2) is 0 Å². The molecule has 1 aliphatic rings. The number of hydrogen-bond acceptors (Lipinski definition) is 6. The van der Waals surface area contributed by atoms with Gasteiger partial charge in [-0.15, -0.1) is 0 Å². The Morgan fingerprint density at radius 1 is 1.11 bits per heavy atom. The molecule has 0 atom stereocenters. The molecule has 0 N–H and O–H groups in total. The first-order valence-electron chi connectivity index (χ1n) is 6.07. The van der Waals surface area contributed by atoms with Gasteiger partial charge in [-0.2, -0.15) is 0 Å². The molecule has 1 amide bonds. The highest BCUT2D eigenvalue weighted by molar-refractivity contribution is 5.95. The lowest BCUT2D eigenvalue weighted by Gasteiger charge is -2.25. The van der Waals surface area contributed by atoms with Gasteiger partial charge < -0.3 is 19.1 Å². The Morgan fingerprint density at radius 2 is 1.68 bits per heavy atom. The molecule has 1 rings (SSSR count). The molecule has 0 aromatic carbocycles. The maximum atomic E-state index is 11.6. The molecular weight excluding hydrogens is 254 g/mol. The highest BCUT2D eigenvalue weighted by Crippen LogP contribution is 2.09. The van der Waals surface area contributed by atoms with Crippen molar-refractivity contribution in [3.63, 3.8) is 0 Å². The Kier molecular flexibility index (Phi) is 5.29. The van der Waals surface area contributed by atoms with Gasteiger partial charge in [0.25, 0.3) is 0 Å². The van der Waals surface area contributed by atoms with Crippen molar-refractivity contribution in [2.45, 2.75) is 32.8 Å². The van der Waals surface area contributed by atoms with Crippen molar-refractivity contribution in [2.75, 3.05) is 26.3 Å². The lowest BCUT2D eigenvalue weighted by atomic mass is 10.2. The van der Waals surface area contributed by atoms with E-state index in [4.69, 9.17) is 9.47 Å². The zero-order valence-electron chi connectivity index (χ0n) is 11.4. The number of carbonyl (C=O) groups excluding carboxylic acids is 3. The number of rotatable bonds is 2. The fourth-order valence-corrected chi connectivity index (χ4v) is 1.44. The zero-order valence-corrected chi connectivity index (χ0v) is 11.4. The molecule has 0 spiro atoms. The Morgan fingerprint density at radius 3 is 2.21 bits per heavy atom. The van der Waals surface area contributed by atoms with Crippen LogP contribution in [0.2, 0.25) is 0 Å². The van der Waals surface area contributed by atoms with E-state index in [-0.39, 0.29) is 0 Å². The second kappa shape index (κ2) is 6.51. The SMILES string of the molecule is CC(C)(C)OC(=O)CC(=O)OC(=O)N1CCOCC1. The number of hydrogen-bond donors (Lipinski definition) is 0. The second-order valence-corrected chi connectivity index (χ2v) is 5.10. The molecule has 7 heteroatoms. The average molecular weight is 273 g/mol. The largest absolute Gasteiger partial charge is 0.460 e. The van der Waals surface area contributed by atoms with Crippen LogP contribution >= 0.6 is 0 Å². The number of nitrogens with zero attached hydrogens (tertiary/aromatic N) is 1. The van der Waals surface area contributed by atoms with Crippen LogP contribution < -0.4 is 0 Å². The molecule has 1 heterocycles. The molecule has 0 radical (unpaired) electrons. The Hall–Kier alpha value is -1.63. The smallest absolute Gasteiger partial charge is 0.417 e. The number of amides is 1. The summed E-state index contributed by atoms with van der Waals surface area (Å²) in [6, 6.07) is 0. The van der Waals surface area contributed by atoms with Gasteiger partial charge in [0.1, 0.15) is 12.0 Å². The zero-order chi connectivity index (χ0) is 14.5. The molecule has 1 aliphatic heterocycles. The highest BCUT2D eigenvalue weighted by Gasteiger charge is 2.24. The molecule has 1 fully saturated rings. The van der Waals surface area contributed by atoms with E-state index in [9.17, 15) is 14.4 Å². The molecule has 19 heavy (non-hydrogen) atoms. The van der Waals surface area contributed by atoms with Crippen molar-refractivity contribution >= 4 is 18.0 Å². The molecule has 1 saturated heterocycles. The van der Waals surface area contributed by atoms with Gasteiger partial charge in [0, 0.05) is 13.1 Å². The minimum absolute atomic E-state index is 0.374. The number of carbonyl (C=O) groups is 3. The summed E-state index contributed by atoms with van der Waals surface area (Å²) in [5.41, 5.74) is -0.675. The van der Waals surface area contributed by atoms with Gasteiger partial charge in [0.15, 0.2) is 0 Å². The van der Waals surface area contributed by atoms with Crippen LogP contribution in [0.5, 0.6) is 0 Å². The normalized spacial score (nSPS) is 15.8. The third-order valence-corrected chi connectivity index (χ3v) is 2.18. The highest BCUT2D eigenvalue weighted by atomic mass is 16.6. The van der Waals surface area contributed by atoms with E-state index in [0.717, 1.165) is 0 Å². The minimum atomic E-state index is -0.911. The third kappa shape index (κ3) is 6.19. The van der Waals surface area contributed by atoms with E-state index in [2.05, 4.69) is 4.74 Å². The molecule has 0 aromatic heterocycles. The van der Waals surface area contributed by atoms with Crippen LogP contribution in [0, 0.1) is 0 Å². The molecule has 0 saturated carbocycles. The van der Waals surface area contributed by atoms with Gasteiger partial charge in [0.2, 0.25) is 0 Å². The van der Waals surface area contributed by atoms with Crippen LogP contribution in [0.3, 0.4) is 0 Å². The Bertz CT molecular complexity index is 354. The van der Waals surface area contributed by atoms with Gasteiger partial charge in [-0.25, -0.2) is 4.79 Å². The Labute approximate surface area is 111 Å². The van der Waals surface area contributed by atoms with Crippen LogP contribution in [0.1, 0.15) is 27.2 Å². The molecule has 7 nitrogen and oxygen atoms in total. The summed E-state index contributed by atoms with van der Waals surface area (Å²) in [4.78, 5) is 35.7. The summed E-state index contributed by atoms with van der Waals surface area (Å²) in [7, 11) is 0. The number of esters is 2. The first kappa shape index (κ1) is 15.4. The molecule has 108 valence electrons. The van der Waals surface area contributed by atoms with E-state index in [1.807, 2.05) is 0 Å². The predicted octanol–water partition coefficient (Wildman–Crippen LogP) is 0.714. The fraction of sp³-hybridized carbons (Fsp3) is 0.750. The number of morpholine rings is 1. The second-order valence-electron chi connectivity index (χ2n) is 5.10. The van der Waals surface area contributed by atoms with Crippen LogP contribution in [0.25, 0.3) is 0 Å². The van der Waals surface area contributed by atoms with Gasteiger partial charge in [-0.05, 0) is 20.8 Å². The van der Waals surface area contributed by atoms with Gasteiger partial charge in [0.05, 0.1) is 13.2 Å². The van der Waals surface area contributed by atoms with E-state index in [1.165, 1.54) is 4.90 Å². The van der Waals surface area contributed by atoms with Crippen molar-refractivity contribution in [3.8, 4) is 0 Å². The number of ether oxygens (including phenoxy) is 3. The lowest BCUT2D eigenvalue weighted by molar-refractivity contribution is -0.159. The van der Waals surface area contributed by atoms with Crippen molar-refractivity contribution in [2.24, 2.45) is 0 Å². The molecule has 0 bridgehead atoms. The van der Waals surface area contributed by atoms with Gasteiger partial charge >= 0.3 is 18.0 Å². The van der Waals surface area contributed by atoms with E-state index in [1.54, 1.807) is 20.8 Å². The van der Waals surface area contributed by atoms with Crippen molar-refractivity contribution in [3.05, 3.63) is 0 Å². The van der Waals surface area contributed by atoms with Gasteiger partial charge in [-0.1, -0.05) is 0 Å². The molecular formula is C12H19NO6. The Balaban J connectivity index is 2.34. The molecule has 0 aliphatic carbocycles. The van der Waals surface area contributed by atoms with E-state index < -0.39 is 30.1 Å². The minimum Gasteiger partial charge on any atom is -0.460 e. The standard InChI is InChI=1S/C12H19NO6/c1-12(2,3)19-10(15)8-9(14)18-11(16)13-4-6-17-7-5-13/h4-8H2,1-3H3. The van der Waals surface area contributed by atoms with E-state index in [0.29, 0.717) is 26.3 Å². The summed E-state index contributed by atoms with van der Waals surface area (Å²) >= 11 is 0. The monoisotopic (exact) mass is 273 g/mol. The summed E-state index contributed by atoms with van der Waals surface area (Å²) in [6.45, 7) is 6.64. The van der Waals surface area contributed by atoms with Crippen LogP contribution in [-0.4, -0.2) is 54.8 Å². The summed E-state index contributed by atoms with van der Waals surface area (Å²) in [5.74, 6) is -1.63. The van der Waals surface area contributed by atoms with Crippen molar-refractivity contribution < 1.29 is 28.6 Å². The lowest BCUT2D eigenvalue weighted by Crippen LogP contribution is -2.42. The van der Waals surface area contributed by atoms with E-state index >= 15 is 0 Å². The molecule has 0 unspecified atom stereocenters.